The maximum absolute atomic E-state index is 11.9. The molecule has 3 atom stereocenters. The van der Waals surface area contributed by atoms with Gasteiger partial charge in [0.05, 0.1) is 5.92 Å². The lowest BCUT2D eigenvalue weighted by Gasteiger charge is -2.34. The van der Waals surface area contributed by atoms with Gasteiger partial charge in [0, 0.05) is 28.3 Å². The molecule has 4 rings (SSSR count). The van der Waals surface area contributed by atoms with Crippen LogP contribution in [0.1, 0.15) is 19.3 Å². The van der Waals surface area contributed by atoms with Crippen LogP contribution in [0.2, 0.25) is 0 Å². The number of nitrogens with one attached hydrogen (secondary N) is 1. The summed E-state index contributed by atoms with van der Waals surface area (Å²) in [6, 6.07) is 0.371. The van der Waals surface area contributed by atoms with E-state index in [-0.39, 0.29) is 18.0 Å². The van der Waals surface area contributed by atoms with Crippen molar-refractivity contribution in [2.24, 2.45) is 11.8 Å². The second kappa shape index (κ2) is 4.11. The van der Waals surface area contributed by atoms with Gasteiger partial charge in [-0.2, -0.15) is 0 Å². The van der Waals surface area contributed by atoms with Gasteiger partial charge in [0.1, 0.15) is 6.10 Å². The average molecular weight is 243 g/mol. The molecule has 4 aliphatic rings. The van der Waals surface area contributed by atoms with E-state index in [1.807, 2.05) is 0 Å². The van der Waals surface area contributed by atoms with Crippen molar-refractivity contribution < 1.29 is 13.7 Å². The summed E-state index contributed by atoms with van der Waals surface area (Å²) < 4.78 is 16.7. The number of hydrogen-bond acceptors (Lipinski definition) is 4. The molecule has 3 unspecified atom stereocenters. The molecule has 90 valence electrons. The molecule has 4 nitrogen and oxygen atoms in total. The lowest BCUT2D eigenvalue weighted by molar-refractivity contribution is -0.159. The number of carbonyl (C=O) groups excluding carboxylic acids is 1. The molecule has 16 heavy (non-hydrogen) atoms. The van der Waals surface area contributed by atoms with E-state index < -0.39 is 10.8 Å². The van der Waals surface area contributed by atoms with E-state index >= 15 is 0 Å². The summed E-state index contributed by atoms with van der Waals surface area (Å²) in [7, 11) is -0.680. The van der Waals surface area contributed by atoms with Gasteiger partial charge < -0.3 is 10.1 Å². The van der Waals surface area contributed by atoms with Gasteiger partial charge in [-0.3, -0.25) is 9.00 Å². The van der Waals surface area contributed by atoms with Gasteiger partial charge in [0.15, 0.2) is 0 Å². The molecular formula is C11H17NO3S. The minimum absolute atomic E-state index is 0.0187. The van der Waals surface area contributed by atoms with Gasteiger partial charge in [-0.15, -0.1) is 0 Å². The Labute approximate surface area is 97.6 Å². The average Bonchev–Trinajstić information content (AvgIpc) is 2.83. The zero-order chi connectivity index (χ0) is 11.1. The quantitative estimate of drug-likeness (QED) is 0.696. The zero-order valence-electron chi connectivity index (χ0n) is 9.19. The Morgan fingerprint density at radius 1 is 1.31 bits per heavy atom. The van der Waals surface area contributed by atoms with Crippen LogP contribution >= 0.6 is 0 Å². The molecule has 0 radical (unpaired) electrons. The van der Waals surface area contributed by atoms with Crippen LogP contribution in [0.25, 0.3) is 0 Å². The van der Waals surface area contributed by atoms with Crippen LogP contribution in [-0.4, -0.2) is 40.4 Å². The lowest BCUT2D eigenvalue weighted by atomic mass is 9.74. The Bertz CT molecular complexity index is 309. The van der Waals surface area contributed by atoms with Crippen molar-refractivity contribution in [2.45, 2.75) is 31.4 Å². The molecule has 4 fully saturated rings. The molecule has 0 aromatic carbocycles. The Morgan fingerprint density at radius 2 is 2.06 bits per heavy atom. The van der Waals surface area contributed by atoms with Crippen molar-refractivity contribution in [2.75, 3.05) is 18.1 Å². The first-order chi connectivity index (χ1) is 7.74. The van der Waals surface area contributed by atoms with E-state index in [9.17, 15) is 9.00 Å². The number of rotatable bonds is 2. The first kappa shape index (κ1) is 10.7. The fourth-order valence-electron chi connectivity index (χ4n) is 2.97. The number of ether oxygens (including phenoxy) is 1. The van der Waals surface area contributed by atoms with Gasteiger partial charge in [-0.1, -0.05) is 0 Å². The highest BCUT2D eigenvalue weighted by Crippen LogP contribution is 2.41. The zero-order valence-corrected chi connectivity index (χ0v) is 10.0. The van der Waals surface area contributed by atoms with E-state index in [0.717, 1.165) is 25.8 Å². The van der Waals surface area contributed by atoms with Crippen molar-refractivity contribution >= 4 is 16.8 Å². The summed E-state index contributed by atoms with van der Waals surface area (Å²) in [6.45, 7) is 0.971. The van der Waals surface area contributed by atoms with Crippen LogP contribution in [0.15, 0.2) is 0 Å². The van der Waals surface area contributed by atoms with Crippen molar-refractivity contribution in [3.05, 3.63) is 0 Å². The Balaban J connectivity index is 1.51. The minimum atomic E-state index is -0.680. The fourth-order valence-corrected chi connectivity index (χ4v) is 4.22. The summed E-state index contributed by atoms with van der Waals surface area (Å²) in [5.41, 5.74) is 0. The predicted molar refractivity (Wildman–Crippen MR) is 60.4 cm³/mol. The van der Waals surface area contributed by atoms with Gasteiger partial charge >= 0.3 is 5.97 Å². The van der Waals surface area contributed by atoms with Gasteiger partial charge in [-0.25, -0.2) is 0 Å². The highest BCUT2D eigenvalue weighted by Gasteiger charge is 2.51. The van der Waals surface area contributed by atoms with Crippen molar-refractivity contribution in [1.82, 2.24) is 5.32 Å². The SMILES string of the molecule is O=C(OC1CCS(=O)CC1)C1C2CNC1C2. The third-order valence-corrected chi connectivity index (χ3v) is 5.41. The summed E-state index contributed by atoms with van der Waals surface area (Å²) in [4.78, 5) is 11.9. The monoisotopic (exact) mass is 243 g/mol. The number of hydrogen-bond donors (Lipinski definition) is 1. The highest BCUT2D eigenvalue weighted by molar-refractivity contribution is 7.85. The van der Waals surface area contributed by atoms with Crippen LogP contribution in [0.4, 0.5) is 0 Å². The Kier molecular flexibility index (Phi) is 2.75. The predicted octanol–water partition coefficient (Wildman–Crippen LogP) is 0.0486. The standard InChI is InChI=1S/C11H17NO3S/c13-11(10-7-5-9(10)12-6-7)15-8-1-3-16(14)4-2-8/h7-10,12H,1-6H2. The van der Waals surface area contributed by atoms with E-state index in [2.05, 4.69) is 5.32 Å². The van der Waals surface area contributed by atoms with Crippen LogP contribution in [0.5, 0.6) is 0 Å². The Morgan fingerprint density at radius 3 is 2.62 bits per heavy atom. The molecule has 0 aromatic heterocycles. The summed E-state index contributed by atoms with van der Waals surface area (Å²) in [5.74, 6) is 1.97. The first-order valence-corrected chi connectivity index (χ1v) is 7.51. The van der Waals surface area contributed by atoms with Crippen molar-refractivity contribution in [3.63, 3.8) is 0 Å². The van der Waals surface area contributed by atoms with Gasteiger partial charge in [0.2, 0.25) is 0 Å². The molecule has 3 saturated heterocycles. The molecule has 0 aromatic rings. The topological polar surface area (TPSA) is 55.4 Å². The number of esters is 1. The second-order valence-electron chi connectivity index (χ2n) is 5.02. The van der Waals surface area contributed by atoms with Crippen molar-refractivity contribution in [1.29, 1.82) is 0 Å². The first-order valence-electron chi connectivity index (χ1n) is 6.03. The summed E-state index contributed by atoms with van der Waals surface area (Å²) >= 11 is 0. The molecule has 3 aliphatic heterocycles. The molecule has 0 amide bonds. The van der Waals surface area contributed by atoms with Gasteiger partial charge in [-0.05, 0) is 31.7 Å². The van der Waals surface area contributed by atoms with E-state index in [4.69, 9.17) is 4.74 Å². The second-order valence-corrected chi connectivity index (χ2v) is 6.72. The lowest BCUT2D eigenvalue weighted by Crippen LogP contribution is -2.44. The van der Waals surface area contributed by atoms with E-state index in [1.165, 1.54) is 0 Å². The third-order valence-electron chi connectivity index (χ3n) is 4.03. The largest absolute Gasteiger partial charge is 0.462 e. The van der Waals surface area contributed by atoms with Crippen LogP contribution in [0, 0.1) is 11.8 Å². The minimum Gasteiger partial charge on any atom is -0.462 e. The maximum atomic E-state index is 11.9. The summed E-state index contributed by atoms with van der Waals surface area (Å²) in [5, 5.41) is 3.32. The number of carbonyl (C=O) groups is 1. The van der Waals surface area contributed by atoms with Crippen LogP contribution in [-0.2, 0) is 20.3 Å². The smallest absolute Gasteiger partial charge is 0.311 e. The summed E-state index contributed by atoms with van der Waals surface area (Å²) in [6.07, 6.45) is 2.70. The van der Waals surface area contributed by atoms with Crippen LogP contribution < -0.4 is 5.32 Å². The Hall–Kier alpha value is -0.420. The molecule has 2 bridgehead atoms. The van der Waals surface area contributed by atoms with Crippen LogP contribution in [0.3, 0.4) is 0 Å². The molecule has 5 heteroatoms. The number of fused-ring (bicyclic) bond motifs is 1. The molecule has 1 aliphatic carbocycles. The van der Waals surface area contributed by atoms with E-state index in [1.54, 1.807) is 0 Å². The van der Waals surface area contributed by atoms with E-state index in [0.29, 0.717) is 23.5 Å². The molecular weight excluding hydrogens is 226 g/mol. The normalized spacial score (nSPS) is 46.1. The molecule has 1 saturated carbocycles. The highest BCUT2D eigenvalue weighted by atomic mass is 32.2. The molecule has 3 heterocycles. The van der Waals surface area contributed by atoms with Crippen molar-refractivity contribution in [3.8, 4) is 0 Å². The van der Waals surface area contributed by atoms with Gasteiger partial charge in [0.25, 0.3) is 0 Å². The maximum Gasteiger partial charge on any atom is 0.311 e. The molecule has 1 N–H and O–H groups in total. The third kappa shape index (κ3) is 1.80. The fraction of sp³-hybridized carbons (Fsp3) is 0.909. The molecule has 0 spiro atoms.